The summed E-state index contributed by atoms with van der Waals surface area (Å²) in [6.45, 7) is 4.13. The van der Waals surface area contributed by atoms with E-state index in [1.807, 2.05) is 60.7 Å². The zero-order valence-corrected chi connectivity index (χ0v) is 17.1. The number of anilines is 2. The van der Waals surface area contributed by atoms with Crippen LogP contribution in [0, 0.1) is 5.92 Å². The summed E-state index contributed by atoms with van der Waals surface area (Å²) in [7, 11) is 0. The minimum Gasteiger partial charge on any atom is -0.508 e. The van der Waals surface area contributed by atoms with Gasteiger partial charge in [-0.15, -0.1) is 5.10 Å². The van der Waals surface area contributed by atoms with E-state index in [1.54, 1.807) is 28.9 Å². The number of benzene rings is 3. The van der Waals surface area contributed by atoms with Crippen LogP contribution in [0.4, 0.5) is 11.6 Å². The summed E-state index contributed by atoms with van der Waals surface area (Å²) in [4.78, 5) is 18.0. The van der Waals surface area contributed by atoms with Gasteiger partial charge in [-0.2, -0.15) is 4.98 Å². The van der Waals surface area contributed by atoms with Gasteiger partial charge < -0.3 is 15.7 Å². The maximum absolute atomic E-state index is 13.4. The van der Waals surface area contributed by atoms with Gasteiger partial charge in [0, 0.05) is 16.9 Å². The lowest BCUT2D eigenvalue weighted by Crippen LogP contribution is -2.39. The number of carbonyl (C=O) groups is 1. The Morgan fingerprint density at radius 1 is 0.969 bits per heavy atom. The Morgan fingerprint density at radius 2 is 1.62 bits per heavy atom. The minimum absolute atomic E-state index is 0.149. The molecule has 1 aromatic heterocycles. The van der Waals surface area contributed by atoms with Gasteiger partial charge in [0.05, 0.1) is 6.04 Å². The average Bonchev–Trinajstić information content (AvgIpc) is 3.23. The molecular weight excluding hydrogens is 402 g/mol. The van der Waals surface area contributed by atoms with Gasteiger partial charge in [-0.25, -0.2) is 4.68 Å². The Kier molecular flexibility index (Phi) is 4.91. The first-order valence-electron chi connectivity index (χ1n) is 10.2. The molecule has 7 nitrogen and oxygen atoms in total. The van der Waals surface area contributed by atoms with E-state index < -0.39 is 12.0 Å². The molecule has 2 atom stereocenters. The number of rotatable bonds is 4. The number of phenols is 1. The molecule has 4 aromatic rings. The van der Waals surface area contributed by atoms with Gasteiger partial charge in [0.2, 0.25) is 11.9 Å². The van der Waals surface area contributed by atoms with Crippen molar-refractivity contribution in [3.05, 3.63) is 103 Å². The first kappa shape index (κ1) is 19.6. The van der Waals surface area contributed by atoms with Gasteiger partial charge in [-0.05, 0) is 29.8 Å². The Balaban J connectivity index is 1.59. The highest BCUT2D eigenvalue weighted by molar-refractivity contribution is 5.95. The van der Waals surface area contributed by atoms with E-state index in [1.165, 1.54) is 0 Å². The van der Waals surface area contributed by atoms with Crippen molar-refractivity contribution in [2.45, 2.75) is 6.04 Å². The first-order valence-corrected chi connectivity index (χ1v) is 10.2. The van der Waals surface area contributed by atoms with Gasteiger partial charge in [0.1, 0.15) is 11.7 Å². The molecule has 3 aromatic carbocycles. The highest BCUT2D eigenvalue weighted by Gasteiger charge is 2.40. The highest BCUT2D eigenvalue weighted by Crippen LogP contribution is 2.39. The fourth-order valence-electron chi connectivity index (χ4n) is 3.91. The third-order valence-corrected chi connectivity index (χ3v) is 5.45. The Hall–Kier alpha value is -4.39. The van der Waals surface area contributed by atoms with Crippen LogP contribution in [-0.2, 0) is 4.79 Å². The number of nitrogens with zero attached hydrogens (tertiary/aromatic N) is 3. The molecular formula is C25H21N5O2. The van der Waals surface area contributed by atoms with Crippen molar-refractivity contribution in [3.63, 3.8) is 0 Å². The standard InChI is InChI=1S/C25H21N5O2/c1-16-21(24(32)27-19-10-6-3-7-11-19)22(17-12-14-20(31)15-13-17)30-25(26-16)28-23(29-30)18-8-4-2-5-9-18/h2-15,21-22,31H,1H2,(H,27,32)(H,26,28,29). The van der Waals surface area contributed by atoms with Crippen molar-refractivity contribution in [1.29, 1.82) is 0 Å². The summed E-state index contributed by atoms with van der Waals surface area (Å²) in [5.41, 5.74) is 2.90. The Morgan fingerprint density at radius 3 is 2.31 bits per heavy atom. The highest BCUT2D eigenvalue weighted by atomic mass is 16.3. The number of carbonyl (C=O) groups excluding carboxylic acids is 1. The van der Waals surface area contributed by atoms with E-state index in [9.17, 15) is 9.90 Å². The second-order valence-corrected chi connectivity index (χ2v) is 7.59. The second-order valence-electron chi connectivity index (χ2n) is 7.59. The number of nitrogens with one attached hydrogen (secondary N) is 2. The van der Waals surface area contributed by atoms with Gasteiger partial charge in [0.15, 0.2) is 5.82 Å². The number of fused-ring (bicyclic) bond motifs is 1. The van der Waals surface area contributed by atoms with Crippen LogP contribution in [0.3, 0.4) is 0 Å². The quantitative estimate of drug-likeness (QED) is 0.452. The van der Waals surface area contributed by atoms with Crippen molar-refractivity contribution < 1.29 is 9.90 Å². The monoisotopic (exact) mass is 423 g/mol. The van der Waals surface area contributed by atoms with Gasteiger partial charge in [-0.1, -0.05) is 67.2 Å². The maximum Gasteiger partial charge on any atom is 0.235 e. The number of hydrogen-bond acceptors (Lipinski definition) is 5. The molecule has 2 unspecified atom stereocenters. The minimum atomic E-state index is -0.655. The van der Waals surface area contributed by atoms with E-state index in [4.69, 9.17) is 5.10 Å². The van der Waals surface area contributed by atoms with Gasteiger partial charge in [0.25, 0.3) is 0 Å². The summed E-state index contributed by atoms with van der Waals surface area (Å²) in [6, 6.07) is 25.2. The van der Waals surface area contributed by atoms with E-state index in [0.29, 0.717) is 23.2 Å². The molecule has 0 saturated carbocycles. The molecule has 0 bridgehead atoms. The lowest BCUT2D eigenvalue weighted by atomic mass is 9.88. The third kappa shape index (κ3) is 3.60. The van der Waals surface area contributed by atoms with E-state index >= 15 is 0 Å². The van der Waals surface area contributed by atoms with Crippen LogP contribution in [0.2, 0.25) is 0 Å². The van der Waals surface area contributed by atoms with Crippen molar-refractivity contribution in [2.75, 3.05) is 10.6 Å². The smallest absolute Gasteiger partial charge is 0.235 e. The predicted octanol–water partition coefficient (Wildman–Crippen LogP) is 4.43. The summed E-state index contributed by atoms with van der Waals surface area (Å²) in [6.07, 6.45) is 0. The predicted molar refractivity (Wildman–Crippen MR) is 123 cm³/mol. The summed E-state index contributed by atoms with van der Waals surface area (Å²) < 4.78 is 1.72. The molecule has 32 heavy (non-hydrogen) atoms. The zero-order chi connectivity index (χ0) is 22.1. The molecule has 1 aliphatic rings. The fourth-order valence-corrected chi connectivity index (χ4v) is 3.91. The number of hydrogen-bond donors (Lipinski definition) is 3. The summed E-state index contributed by atoms with van der Waals surface area (Å²) in [5, 5.41) is 20.7. The molecule has 0 aliphatic carbocycles. The van der Waals surface area contributed by atoms with Gasteiger partial charge in [-0.3, -0.25) is 4.79 Å². The van der Waals surface area contributed by atoms with Crippen molar-refractivity contribution in [1.82, 2.24) is 14.8 Å². The molecule has 5 rings (SSSR count). The lowest BCUT2D eigenvalue weighted by molar-refractivity contribution is -0.119. The molecule has 0 saturated heterocycles. The fraction of sp³-hybridized carbons (Fsp3) is 0.0800. The van der Waals surface area contributed by atoms with Crippen LogP contribution in [-0.4, -0.2) is 25.8 Å². The molecule has 7 heteroatoms. The van der Waals surface area contributed by atoms with Crippen LogP contribution in [0.25, 0.3) is 11.4 Å². The van der Waals surface area contributed by atoms with Crippen molar-refractivity contribution >= 4 is 17.5 Å². The average molecular weight is 423 g/mol. The van der Waals surface area contributed by atoms with Crippen LogP contribution in [0.1, 0.15) is 11.6 Å². The molecule has 158 valence electrons. The maximum atomic E-state index is 13.4. The molecule has 3 N–H and O–H groups in total. The van der Waals surface area contributed by atoms with E-state index in [0.717, 1.165) is 11.1 Å². The van der Waals surface area contributed by atoms with Crippen LogP contribution < -0.4 is 10.6 Å². The summed E-state index contributed by atoms with van der Waals surface area (Å²) >= 11 is 0. The second kappa shape index (κ2) is 8.03. The van der Waals surface area contributed by atoms with E-state index in [2.05, 4.69) is 22.2 Å². The number of aromatic hydroxyl groups is 1. The molecule has 0 spiro atoms. The van der Waals surface area contributed by atoms with Crippen molar-refractivity contribution in [3.8, 4) is 17.1 Å². The normalized spacial score (nSPS) is 17.3. The molecule has 1 amide bonds. The van der Waals surface area contributed by atoms with Crippen molar-refractivity contribution in [2.24, 2.45) is 5.92 Å². The largest absolute Gasteiger partial charge is 0.508 e. The SMILES string of the molecule is C=C1Nc2nc(-c3ccccc3)nn2C(c2ccc(O)cc2)C1C(=O)Nc1ccccc1. The number of para-hydroxylation sites is 1. The lowest BCUT2D eigenvalue weighted by Gasteiger charge is -2.33. The Bertz CT molecular complexity index is 1270. The Labute approximate surface area is 185 Å². The van der Waals surface area contributed by atoms with E-state index in [-0.39, 0.29) is 11.7 Å². The number of aromatic nitrogens is 3. The first-order chi connectivity index (χ1) is 15.6. The molecule has 1 aliphatic heterocycles. The van der Waals surface area contributed by atoms with Crippen LogP contribution in [0.15, 0.2) is 97.2 Å². The number of phenolic OH excluding ortho intramolecular Hbond substituents is 1. The molecule has 0 fully saturated rings. The van der Waals surface area contributed by atoms with Gasteiger partial charge >= 0.3 is 0 Å². The molecule has 2 heterocycles. The molecule has 0 radical (unpaired) electrons. The third-order valence-electron chi connectivity index (χ3n) is 5.45. The van der Waals surface area contributed by atoms with Crippen LogP contribution in [0.5, 0.6) is 5.75 Å². The number of amides is 1. The topological polar surface area (TPSA) is 92.1 Å². The summed E-state index contributed by atoms with van der Waals surface area (Å²) in [5.74, 6) is 0.340. The zero-order valence-electron chi connectivity index (χ0n) is 17.1. The van der Waals surface area contributed by atoms with Crippen LogP contribution >= 0.6 is 0 Å².